The van der Waals surface area contributed by atoms with Crippen LogP contribution in [-0.2, 0) is 11.2 Å². The van der Waals surface area contributed by atoms with Crippen LogP contribution >= 0.6 is 0 Å². The van der Waals surface area contributed by atoms with Gasteiger partial charge in [0.05, 0.1) is 18.4 Å². The number of unbranched alkanes of at least 4 members (excludes halogenated alkanes) is 1. The summed E-state index contributed by atoms with van der Waals surface area (Å²) in [4.78, 5) is 36.6. The van der Waals surface area contributed by atoms with Crippen LogP contribution in [0.3, 0.4) is 0 Å². The van der Waals surface area contributed by atoms with Crippen molar-refractivity contribution < 1.29 is 14.0 Å². The van der Waals surface area contributed by atoms with Crippen LogP contribution in [0.15, 0.2) is 49.0 Å². The van der Waals surface area contributed by atoms with E-state index < -0.39 is 11.2 Å². The molecule has 8 nitrogen and oxygen atoms in total. The highest BCUT2D eigenvalue weighted by atomic mass is 16.6. The number of aryl methyl sites for hydroxylation is 1. The number of oxime groups is 1. The van der Waals surface area contributed by atoms with Crippen molar-refractivity contribution >= 4 is 16.8 Å². The Morgan fingerprint density at radius 3 is 3.03 bits per heavy atom. The van der Waals surface area contributed by atoms with Crippen LogP contribution < -0.4 is 16.0 Å². The van der Waals surface area contributed by atoms with Gasteiger partial charge in [0.25, 0.3) is 5.56 Å². The first-order valence-corrected chi connectivity index (χ1v) is 10.4. The second kappa shape index (κ2) is 9.21. The Morgan fingerprint density at radius 2 is 2.23 bits per heavy atom. The second-order valence-electron chi connectivity index (χ2n) is 7.49. The fourth-order valence-electron chi connectivity index (χ4n) is 3.71. The molecular formula is C22H25N3O5. The number of rotatable bonds is 6. The summed E-state index contributed by atoms with van der Waals surface area (Å²) in [5.74, 6) is 0. The smallest absolute Gasteiger partial charge is 0.337 e. The first-order chi connectivity index (χ1) is 14.6. The van der Waals surface area contributed by atoms with Gasteiger partial charge in [0.2, 0.25) is 5.71 Å². The van der Waals surface area contributed by atoms with Crippen LogP contribution in [0, 0.1) is 0 Å². The average Bonchev–Trinajstić information content (AvgIpc) is 2.76. The first kappa shape index (κ1) is 20.3. The fraction of sp³-hybridized carbons (Fsp3) is 0.455. The zero-order valence-electron chi connectivity index (χ0n) is 17.0. The summed E-state index contributed by atoms with van der Waals surface area (Å²) >= 11 is 0. The number of aromatic amines is 1. The van der Waals surface area contributed by atoms with Crippen molar-refractivity contribution in [3.05, 3.63) is 56.2 Å². The maximum atomic E-state index is 12.6. The molecule has 8 heteroatoms. The number of ether oxygens (including phenoxy) is 1. The van der Waals surface area contributed by atoms with Gasteiger partial charge in [-0.25, -0.2) is 4.79 Å². The summed E-state index contributed by atoms with van der Waals surface area (Å²) in [5.41, 5.74) is 1.64. The first-order valence-electron chi connectivity index (χ1n) is 10.4. The molecule has 1 aliphatic carbocycles. The van der Waals surface area contributed by atoms with Crippen molar-refractivity contribution in [2.45, 2.75) is 58.0 Å². The summed E-state index contributed by atoms with van der Waals surface area (Å²) in [7, 11) is 0. The topological polar surface area (TPSA) is 107 Å². The minimum atomic E-state index is -0.537. The van der Waals surface area contributed by atoms with Crippen LogP contribution in [0.4, 0.5) is 0 Å². The number of fused-ring (bicyclic) bond motifs is 1. The van der Waals surface area contributed by atoms with E-state index in [1.807, 2.05) is 6.92 Å². The summed E-state index contributed by atoms with van der Waals surface area (Å²) in [6.07, 6.45) is 12.1. The van der Waals surface area contributed by atoms with E-state index in [4.69, 9.17) is 14.0 Å². The maximum absolute atomic E-state index is 12.6. The van der Waals surface area contributed by atoms with Crippen LogP contribution in [0.5, 0.6) is 6.01 Å². The minimum absolute atomic E-state index is 0.0325. The molecule has 0 amide bonds. The molecule has 2 aromatic rings. The lowest BCUT2D eigenvalue weighted by atomic mass is 9.96. The Kier molecular flexibility index (Phi) is 6.23. The zero-order valence-corrected chi connectivity index (χ0v) is 17.0. The number of hydrogen-bond acceptors (Lipinski definition) is 7. The van der Waals surface area contributed by atoms with Crippen molar-refractivity contribution in [2.24, 2.45) is 5.16 Å². The normalized spacial score (nSPS) is 20.5. The molecule has 2 aliphatic rings. The molecular weight excluding hydrogens is 386 g/mol. The Balaban J connectivity index is 1.55. The third kappa shape index (κ3) is 4.59. The zero-order chi connectivity index (χ0) is 20.9. The Bertz CT molecular complexity index is 1130. The summed E-state index contributed by atoms with van der Waals surface area (Å²) < 4.78 is 11.0. The van der Waals surface area contributed by atoms with Crippen molar-refractivity contribution in [1.29, 1.82) is 0 Å². The molecule has 2 aromatic heterocycles. The molecule has 3 heterocycles. The number of aromatic nitrogens is 2. The Labute approximate surface area is 173 Å². The number of nitrogens with one attached hydrogen (secondary N) is 1. The molecule has 1 N–H and O–H groups in total. The molecule has 1 atom stereocenters. The molecule has 1 unspecified atom stereocenters. The SMILES string of the molecule is CCCCc1cc(=O)oc2nc(O/N=C3\CCOC(C4=CCCC=C4)C3)[nH]c(=O)c12. The van der Waals surface area contributed by atoms with E-state index in [1.54, 1.807) is 0 Å². The maximum Gasteiger partial charge on any atom is 0.337 e. The minimum Gasteiger partial charge on any atom is -0.403 e. The molecule has 0 aromatic carbocycles. The highest BCUT2D eigenvalue weighted by Gasteiger charge is 2.22. The summed E-state index contributed by atoms with van der Waals surface area (Å²) in [6, 6.07) is 1.25. The van der Waals surface area contributed by atoms with Gasteiger partial charge in [0.15, 0.2) is 0 Å². The number of hydrogen-bond donors (Lipinski definition) is 1. The second-order valence-corrected chi connectivity index (χ2v) is 7.49. The van der Waals surface area contributed by atoms with Crippen LogP contribution in [0.1, 0.15) is 51.0 Å². The Morgan fingerprint density at radius 1 is 1.33 bits per heavy atom. The molecule has 0 saturated carbocycles. The van der Waals surface area contributed by atoms with E-state index in [0.717, 1.165) is 37.0 Å². The van der Waals surface area contributed by atoms with E-state index in [-0.39, 0.29) is 23.2 Å². The Hall–Kier alpha value is -3.00. The summed E-state index contributed by atoms with van der Waals surface area (Å²) in [6.45, 7) is 2.60. The largest absolute Gasteiger partial charge is 0.403 e. The predicted molar refractivity (Wildman–Crippen MR) is 113 cm³/mol. The van der Waals surface area contributed by atoms with Gasteiger partial charge in [-0.05, 0) is 36.8 Å². The molecule has 1 saturated heterocycles. The summed E-state index contributed by atoms with van der Waals surface area (Å²) in [5, 5.41) is 4.46. The number of allylic oxidation sites excluding steroid dienone is 2. The van der Waals surface area contributed by atoms with Crippen molar-refractivity contribution in [1.82, 2.24) is 9.97 Å². The van der Waals surface area contributed by atoms with Crippen LogP contribution in [0.2, 0.25) is 0 Å². The molecule has 4 rings (SSSR count). The monoisotopic (exact) mass is 411 g/mol. The van der Waals surface area contributed by atoms with Gasteiger partial charge in [0, 0.05) is 18.9 Å². The van der Waals surface area contributed by atoms with E-state index in [1.165, 1.54) is 6.07 Å². The fourth-order valence-corrected chi connectivity index (χ4v) is 3.71. The van der Waals surface area contributed by atoms with Gasteiger partial charge in [-0.2, -0.15) is 4.98 Å². The molecule has 0 bridgehead atoms. The lowest BCUT2D eigenvalue weighted by molar-refractivity contribution is 0.0749. The van der Waals surface area contributed by atoms with Crippen LogP contribution in [0.25, 0.3) is 11.1 Å². The number of H-pyrrole nitrogens is 1. The van der Waals surface area contributed by atoms with Crippen molar-refractivity contribution in [3.8, 4) is 6.01 Å². The quantitative estimate of drug-likeness (QED) is 0.730. The lowest BCUT2D eigenvalue weighted by Gasteiger charge is -2.25. The highest BCUT2D eigenvalue weighted by molar-refractivity contribution is 5.85. The average molecular weight is 411 g/mol. The van der Waals surface area contributed by atoms with Crippen molar-refractivity contribution in [2.75, 3.05) is 6.61 Å². The van der Waals surface area contributed by atoms with Gasteiger partial charge in [-0.1, -0.05) is 36.7 Å². The molecule has 1 fully saturated rings. The van der Waals surface area contributed by atoms with Gasteiger partial charge in [-0.15, -0.1) is 0 Å². The standard InChI is InChI=1S/C22H25N3O5/c1-2-3-7-15-12-18(26)29-21-19(15)20(27)23-22(24-21)30-25-16-10-11-28-17(13-16)14-8-5-4-6-9-14/h5,8-9,12,17H,2-4,6-7,10-11,13H2,1H3,(H,23,24,27)/b25-16+. The molecule has 158 valence electrons. The van der Waals surface area contributed by atoms with Gasteiger partial charge in [0.1, 0.15) is 5.39 Å². The van der Waals surface area contributed by atoms with E-state index in [0.29, 0.717) is 31.4 Å². The third-order valence-electron chi connectivity index (χ3n) is 5.26. The van der Waals surface area contributed by atoms with Crippen LogP contribution in [-0.4, -0.2) is 28.4 Å². The van der Waals surface area contributed by atoms with Crippen molar-refractivity contribution in [3.63, 3.8) is 0 Å². The van der Waals surface area contributed by atoms with E-state index in [9.17, 15) is 9.59 Å². The van der Waals surface area contributed by atoms with Gasteiger partial charge in [-0.3, -0.25) is 9.78 Å². The number of nitrogens with zero attached hydrogens (tertiary/aromatic N) is 2. The molecule has 0 spiro atoms. The molecule has 0 radical (unpaired) electrons. The lowest BCUT2D eigenvalue weighted by Crippen LogP contribution is -2.28. The third-order valence-corrected chi connectivity index (χ3v) is 5.26. The van der Waals surface area contributed by atoms with E-state index >= 15 is 0 Å². The molecule has 1 aliphatic heterocycles. The highest BCUT2D eigenvalue weighted by Crippen LogP contribution is 2.23. The van der Waals surface area contributed by atoms with Gasteiger partial charge < -0.3 is 14.0 Å². The van der Waals surface area contributed by atoms with E-state index in [2.05, 4.69) is 33.4 Å². The van der Waals surface area contributed by atoms with Gasteiger partial charge >= 0.3 is 11.6 Å². The molecule has 30 heavy (non-hydrogen) atoms. The predicted octanol–water partition coefficient (Wildman–Crippen LogP) is 3.41.